The summed E-state index contributed by atoms with van der Waals surface area (Å²) in [5.41, 5.74) is 4.49. The van der Waals surface area contributed by atoms with Crippen LogP contribution >= 0.6 is 0 Å². The Morgan fingerprint density at radius 1 is 1.10 bits per heavy atom. The first-order valence-corrected chi connectivity index (χ1v) is 10.7. The van der Waals surface area contributed by atoms with E-state index in [-0.39, 0.29) is 17.5 Å². The first-order chi connectivity index (χ1) is 14.7. The van der Waals surface area contributed by atoms with E-state index in [1.54, 1.807) is 6.08 Å². The molecule has 1 saturated carbocycles. The van der Waals surface area contributed by atoms with Crippen LogP contribution in [0.15, 0.2) is 60.2 Å². The highest BCUT2D eigenvalue weighted by atomic mass is 16.1. The number of aromatic nitrogens is 1. The Morgan fingerprint density at radius 3 is 2.53 bits per heavy atom. The summed E-state index contributed by atoms with van der Waals surface area (Å²) in [7, 11) is 0. The molecule has 1 fully saturated rings. The molecule has 0 spiro atoms. The van der Waals surface area contributed by atoms with Crippen LogP contribution in [0.4, 0.5) is 0 Å². The maximum absolute atomic E-state index is 12.8. The maximum Gasteiger partial charge on any atom is 0.262 e. The van der Waals surface area contributed by atoms with Crippen molar-refractivity contribution in [2.24, 2.45) is 0 Å². The van der Waals surface area contributed by atoms with Crippen molar-refractivity contribution in [1.29, 1.82) is 5.26 Å². The zero-order valence-electron chi connectivity index (χ0n) is 17.4. The van der Waals surface area contributed by atoms with Crippen molar-refractivity contribution in [2.75, 3.05) is 0 Å². The summed E-state index contributed by atoms with van der Waals surface area (Å²) >= 11 is 0. The molecule has 2 aromatic carbocycles. The molecule has 1 amide bonds. The van der Waals surface area contributed by atoms with E-state index in [9.17, 15) is 10.1 Å². The number of amides is 1. The van der Waals surface area contributed by atoms with Crippen molar-refractivity contribution >= 4 is 22.9 Å². The van der Waals surface area contributed by atoms with Crippen molar-refractivity contribution in [3.63, 3.8) is 0 Å². The van der Waals surface area contributed by atoms with Crippen molar-refractivity contribution in [3.8, 4) is 6.07 Å². The summed E-state index contributed by atoms with van der Waals surface area (Å²) < 4.78 is 2.25. The molecular weight excluding hydrogens is 370 g/mol. The van der Waals surface area contributed by atoms with E-state index < -0.39 is 0 Å². The molecule has 152 valence electrons. The lowest BCUT2D eigenvalue weighted by molar-refractivity contribution is -0.117. The second kappa shape index (κ2) is 9.00. The molecule has 4 rings (SSSR count). The van der Waals surface area contributed by atoms with Crippen LogP contribution in [-0.4, -0.2) is 16.5 Å². The minimum Gasteiger partial charge on any atom is -0.349 e. The molecule has 0 radical (unpaired) electrons. The van der Waals surface area contributed by atoms with Crippen molar-refractivity contribution in [3.05, 3.63) is 77.0 Å². The van der Waals surface area contributed by atoms with Crippen LogP contribution in [0.2, 0.25) is 0 Å². The van der Waals surface area contributed by atoms with Crippen LogP contribution in [-0.2, 0) is 11.3 Å². The topological polar surface area (TPSA) is 57.8 Å². The van der Waals surface area contributed by atoms with Gasteiger partial charge in [0.25, 0.3) is 5.91 Å². The third-order valence-corrected chi connectivity index (χ3v) is 6.06. The monoisotopic (exact) mass is 397 g/mol. The number of nitrogens with one attached hydrogen (secondary N) is 1. The molecule has 1 aliphatic rings. The van der Waals surface area contributed by atoms with Gasteiger partial charge >= 0.3 is 0 Å². The molecule has 30 heavy (non-hydrogen) atoms. The number of rotatable bonds is 5. The van der Waals surface area contributed by atoms with Gasteiger partial charge in [0.05, 0.1) is 0 Å². The van der Waals surface area contributed by atoms with Gasteiger partial charge < -0.3 is 9.88 Å². The molecule has 3 aromatic rings. The Balaban J connectivity index is 1.70. The lowest BCUT2D eigenvalue weighted by Gasteiger charge is -2.22. The average Bonchev–Trinajstić information content (AvgIpc) is 3.04. The lowest BCUT2D eigenvalue weighted by Crippen LogP contribution is -2.36. The minimum absolute atomic E-state index is 0.172. The van der Waals surface area contributed by atoms with E-state index in [1.807, 2.05) is 30.3 Å². The van der Waals surface area contributed by atoms with E-state index in [1.165, 1.54) is 12.0 Å². The number of hydrogen-bond donors (Lipinski definition) is 1. The number of benzene rings is 2. The van der Waals surface area contributed by atoms with E-state index >= 15 is 0 Å². The Labute approximate surface area is 177 Å². The summed E-state index contributed by atoms with van der Waals surface area (Å²) in [4.78, 5) is 12.8. The van der Waals surface area contributed by atoms with Gasteiger partial charge in [-0.15, -0.1) is 0 Å². The van der Waals surface area contributed by atoms with Gasteiger partial charge in [-0.25, -0.2) is 0 Å². The quantitative estimate of drug-likeness (QED) is 0.466. The summed E-state index contributed by atoms with van der Waals surface area (Å²) in [5.74, 6) is -0.260. The molecule has 1 aromatic heterocycles. The fourth-order valence-electron chi connectivity index (χ4n) is 4.41. The van der Waals surface area contributed by atoms with Crippen LogP contribution in [0.3, 0.4) is 0 Å². The third-order valence-electron chi connectivity index (χ3n) is 6.06. The molecule has 0 atom stereocenters. The fourth-order valence-corrected chi connectivity index (χ4v) is 4.41. The van der Waals surface area contributed by atoms with E-state index in [4.69, 9.17) is 0 Å². The molecule has 1 aliphatic carbocycles. The highest BCUT2D eigenvalue weighted by Crippen LogP contribution is 2.29. The molecule has 0 saturated heterocycles. The smallest absolute Gasteiger partial charge is 0.262 e. The molecule has 0 aliphatic heterocycles. The third kappa shape index (κ3) is 4.16. The molecule has 0 bridgehead atoms. The van der Waals surface area contributed by atoms with Crippen LogP contribution in [0.1, 0.15) is 48.9 Å². The normalized spacial score (nSPS) is 15.1. The number of carbonyl (C=O) groups excluding carboxylic acids is 1. The molecule has 1 N–H and O–H groups in total. The zero-order chi connectivity index (χ0) is 20.9. The van der Waals surface area contributed by atoms with Gasteiger partial charge in [0.2, 0.25) is 0 Å². The van der Waals surface area contributed by atoms with E-state index in [0.717, 1.165) is 54.4 Å². The SMILES string of the molecule is Cc1c(C=C(C#N)C(=O)NC2CCCCC2)c2ccccc2n1Cc1ccccc1. The van der Waals surface area contributed by atoms with Gasteiger partial charge in [-0.1, -0.05) is 67.8 Å². The van der Waals surface area contributed by atoms with Gasteiger partial charge in [-0.3, -0.25) is 4.79 Å². The predicted octanol–water partition coefficient (Wildman–Crippen LogP) is 5.35. The van der Waals surface area contributed by atoms with Crippen molar-refractivity contribution < 1.29 is 4.79 Å². The molecule has 4 heteroatoms. The van der Waals surface area contributed by atoms with Crippen molar-refractivity contribution in [1.82, 2.24) is 9.88 Å². The summed E-state index contributed by atoms with van der Waals surface area (Å²) in [6, 6.07) is 20.8. The molecule has 4 nitrogen and oxygen atoms in total. The average molecular weight is 398 g/mol. The van der Waals surface area contributed by atoms with Gasteiger partial charge in [0.15, 0.2) is 0 Å². The highest BCUT2D eigenvalue weighted by molar-refractivity contribution is 6.04. The fraction of sp³-hybridized carbons (Fsp3) is 0.308. The zero-order valence-corrected chi connectivity index (χ0v) is 17.4. The van der Waals surface area contributed by atoms with Gasteiger partial charge in [-0.2, -0.15) is 5.26 Å². The van der Waals surface area contributed by atoms with Gasteiger partial charge in [0, 0.05) is 34.7 Å². The van der Waals surface area contributed by atoms with Crippen LogP contribution in [0, 0.1) is 18.3 Å². The number of fused-ring (bicyclic) bond motifs is 1. The number of hydrogen-bond acceptors (Lipinski definition) is 2. The first-order valence-electron chi connectivity index (χ1n) is 10.7. The predicted molar refractivity (Wildman–Crippen MR) is 121 cm³/mol. The number of nitriles is 1. The summed E-state index contributed by atoms with van der Waals surface area (Å²) in [5, 5.41) is 13.8. The Morgan fingerprint density at radius 2 is 1.80 bits per heavy atom. The molecule has 0 unspecified atom stereocenters. The summed E-state index contributed by atoms with van der Waals surface area (Å²) in [6.07, 6.45) is 7.27. The van der Waals surface area contributed by atoms with Crippen molar-refractivity contribution in [2.45, 2.75) is 51.6 Å². The number of carbonyl (C=O) groups is 1. The largest absolute Gasteiger partial charge is 0.349 e. The second-order valence-electron chi connectivity index (χ2n) is 8.07. The van der Waals surface area contributed by atoms with Gasteiger partial charge in [-0.05, 0) is 37.5 Å². The second-order valence-corrected chi connectivity index (χ2v) is 8.07. The van der Waals surface area contributed by atoms with E-state index in [0.29, 0.717) is 0 Å². The summed E-state index contributed by atoms with van der Waals surface area (Å²) in [6.45, 7) is 2.81. The standard InChI is InChI=1S/C26H27N3O/c1-19-24(16-21(17-27)26(30)28-22-12-6-3-7-13-22)23-14-8-9-15-25(23)29(19)18-20-10-4-2-5-11-20/h2,4-5,8-11,14-16,22H,3,6-7,12-13,18H2,1H3,(H,28,30). The maximum atomic E-state index is 12.8. The Bertz CT molecular complexity index is 1110. The minimum atomic E-state index is -0.260. The van der Waals surface area contributed by atoms with Crippen LogP contribution in [0.25, 0.3) is 17.0 Å². The first kappa shape index (κ1) is 20.0. The lowest BCUT2D eigenvalue weighted by atomic mass is 9.95. The Kier molecular flexibility index (Phi) is 5.99. The highest BCUT2D eigenvalue weighted by Gasteiger charge is 2.20. The molecule has 1 heterocycles. The molecular formula is C26H27N3O. The van der Waals surface area contributed by atoms with Crippen LogP contribution in [0.5, 0.6) is 0 Å². The Hall–Kier alpha value is -3.32. The number of para-hydroxylation sites is 1. The number of nitrogens with zero attached hydrogens (tertiary/aromatic N) is 2. The van der Waals surface area contributed by atoms with Crippen LogP contribution < -0.4 is 5.32 Å². The van der Waals surface area contributed by atoms with Gasteiger partial charge in [0.1, 0.15) is 11.6 Å². The van der Waals surface area contributed by atoms with E-state index in [2.05, 4.69) is 47.1 Å².